The predicted octanol–water partition coefficient (Wildman–Crippen LogP) is 1.28. The predicted molar refractivity (Wildman–Crippen MR) is 65.3 cm³/mol. The molecular formula is C10H11ClN2O3S. The Morgan fingerprint density at radius 3 is 2.82 bits per heavy atom. The summed E-state index contributed by atoms with van der Waals surface area (Å²) in [5, 5.41) is 9.48. The summed E-state index contributed by atoms with van der Waals surface area (Å²) in [4.78, 5) is 24.5. The van der Waals surface area contributed by atoms with E-state index < -0.39 is 12.0 Å². The molecule has 1 N–H and O–H groups in total. The summed E-state index contributed by atoms with van der Waals surface area (Å²) >= 11 is 7.24. The molecule has 2 rings (SSSR count). The zero-order valence-corrected chi connectivity index (χ0v) is 10.7. The zero-order chi connectivity index (χ0) is 12.6. The maximum Gasteiger partial charge on any atom is 0.327 e. The van der Waals surface area contributed by atoms with Gasteiger partial charge in [0.25, 0.3) is 5.91 Å². The molecule has 7 heteroatoms. The highest BCUT2D eigenvalue weighted by molar-refractivity contribution is 7.99. The first-order valence-corrected chi connectivity index (χ1v) is 6.47. The van der Waals surface area contributed by atoms with Crippen LogP contribution in [0.3, 0.4) is 0 Å². The van der Waals surface area contributed by atoms with Crippen molar-refractivity contribution in [1.82, 2.24) is 9.47 Å². The Morgan fingerprint density at radius 1 is 1.59 bits per heavy atom. The molecule has 1 atom stereocenters. The molecule has 1 aliphatic heterocycles. The molecule has 1 saturated heterocycles. The molecular weight excluding hydrogens is 264 g/mol. The van der Waals surface area contributed by atoms with Gasteiger partial charge in [-0.1, -0.05) is 11.6 Å². The summed E-state index contributed by atoms with van der Waals surface area (Å²) in [5.74, 6) is -0.432. The summed E-state index contributed by atoms with van der Waals surface area (Å²) in [6, 6.07) is 0.798. The summed E-state index contributed by atoms with van der Waals surface area (Å²) in [6.45, 7) is 0. The lowest BCUT2D eigenvalue weighted by molar-refractivity contribution is -0.140. The first-order valence-electron chi connectivity index (χ1n) is 4.94. The number of aliphatic carboxylic acids is 1. The van der Waals surface area contributed by atoms with Gasteiger partial charge in [0.05, 0.1) is 10.9 Å². The maximum atomic E-state index is 12.2. The van der Waals surface area contributed by atoms with Gasteiger partial charge in [-0.15, -0.1) is 11.8 Å². The SMILES string of the molecule is Cn1cc(Cl)cc1C(=O)N1CSCC1C(=O)O. The highest BCUT2D eigenvalue weighted by atomic mass is 35.5. The van der Waals surface area contributed by atoms with Crippen LogP contribution >= 0.6 is 23.4 Å². The normalized spacial score (nSPS) is 19.6. The van der Waals surface area contributed by atoms with Crippen molar-refractivity contribution in [2.45, 2.75) is 6.04 Å². The first-order chi connectivity index (χ1) is 8.00. The molecule has 2 heterocycles. The third-order valence-electron chi connectivity index (χ3n) is 2.62. The van der Waals surface area contributed by atoms with Crippen molar-refractivity contribution in [3.05, 3.63) is 23.0 Å². The largest absolute Gasteiger partial charge is 0.480 e. The van der Waals surface area contributed by atoms with Gasteiger partial charge < -0.3 is 14.6 Å². The third-order valence-corrected chi connectivity index (χ3v) is 3.84. The van der Waals surface area contributed by atoms with Gasteiger partial charge in [0.2, 0.25) is 0 Å². The fourth-order valence-corrected chi connectivity index (χ4v) is 3.13. The van der Waals surface area contributed by atoms with Crippen molar-refractivity contribution < 1.29 is 14.7 Å². The molecule has 0 bridgehead atoms. The molecule has 1 aromatic heterocycles. The number of carboxylic acid groups (broad SMARTS) is 1. The quantitative estimate of drug-likeness (QED) is 0.882. The monoisotopic (exact) mass is 274 g/mol. The average Bonchev–Trinajstić information content (AvgIpc) is 2.83. The number of nitrogens with zero attached hydrogens (tertiary/aromatic N) is 2. The van der Waals surface area contributed by atoms with E-state index in [4.69, 9.17) is 16.7 Å². The summed E-state index contributed by atoms with van der Waals surface area (Å²) in [6.07, 6.45) is 1.62. The van der Waals surface area contributed by atoms with Crippen LogP contribution < -0.4 is 0 Å². The lowest BCUT2D eigenvalue weighted by atomic mass is 10.2. The van der Waals surface area contributed by atoms with Crippen LogP contribution in [0.15, 0.2) is 12.3 Å². The number of aromatic nitrogens is 1. The minimum absolute atomic E-state index is 0.295. The molecule has 0 aliphatic carbocycles. The maximum absolute atomic E-state index is 12.2. The van der Waals surface area contributed by atoms with E-state index in [9.17, 15) is 9.59 Å². The van der Waals surface area contributed by atoms with Gasteiger partial charge in [0.1, 0.15) is 11.7 Å². The molecule has 17 heavy (non-hydrogen) atoms. The minimum Gasteiger partial charge on any atom is -0.480 e. The van der Waals surface area contributed by atoms with Crippen molar-refractivity contribution in [2.75, 3.05) is 11.6 Å². The fraction of sp³-hybridized carbons (Fsp3) is 0.400. The molecule has 1 unspecified atom stereocenters. The Labute approximate surface area is 107 Å². The zero-order valence-electron chi connectivity index (χ0n) is 9.09. The summed E-state index contributed by atoms with van der Waals surface area (Å²) in [7, 11) is 1.71. The van der Waals surface area contributed by atoms with E-state index in [1.807, 2.05) is 0 Å². The van der Waals surface area contributed by atoms with E-state index in [2.05, 4.69) is 0 Å². The molecule has 0 spiro atoms. The molecule has 0 radical (unpaired) electrons. The highest BCUT2D eigenvalue weighted by Gasteiger charge is 2.35. The number of rotatable bonds is 2. The van der Waals surface area contributed by atoms with Crippen molar-refractivity contribution >= 4 is 35.2 Å². The van der Waals surface area contributed by atoms with Gasteiger partial charge in [-0.2, -0.15) is 0 Å². The first kappa shape index (κ1) is 12.3. The molecule has 1 aliphatic rings. The van der Waals surface area contributed by atoms with Gasteiger partial charge in [0, 0.05) is 19.0 Å². The van der Waals surface area contributed by atoms with Crippen LogP contribution in [-0.4, -0.2) is 44.1 Å². The molecule has 1 amide bonds. The molecule has 5 nitrogen and oxygen atoms in total. The number of hydrogen-bond donors (Lipinski definition) is 1. The molecule has 0 saturated carbocycles. The van der Waals surface area contributed by atoms with E-state index in [1.54, 1.807) is 23.9 Å². The van der Waals surface area contributed by atoms with Crippen molar-refractivity contribution in [1.29, 1.82) is 0 Å². The van der Waals surface area contributed by atoms with Crippen LogP contribution in [0.1, 0.15) is 10.5 Å². The van der Waals surface area contributed by atoms with Gasteiger partial charge in [-0.25, -0.2) is 4.79 Å². The van der Waals surface area contributed by atoms with Crippen LogP contribution in [0.2, 0.25) is 5.02 Å². The van der Waals surface area contributed by atoms with Crippen LogP contribution in [0, 0.1) is 0 Å². The Balaban J connectivity index is 2.25. The van der Waals surface area contributed by atoms with Crippen molar-refractivity contribution in [3.63, 3.8) is 0 Å². The van der Waals surface area contributed by atoms with Gasteiger partial charge >= 0.3 is 5.97 Å². The van der Waals surface area contributed by atoms with Crippen molar-refractivity contribution in [3.8, 4) is 0 Å². The second-order valence-electron chi connectivity index (χ2n) is 3.78. The van der Waals surface area contributed by atoms with Gasteiger partial charge in [-0.05, 0) is 6.07 Å². The van der Waals surface area contributed by atoms with Crippen molar-refractivity contribution in [2.24, 2.45) is 7.05 Å². The number of thioether (sulfide) groups is 1. The Kier molecular flexibility index (Phi) is 3.35. The van der Waals surface area contributed by atoms with Crippen LogP contribution in [-0.2, 0) is 11.8 Å². The van der Waals surface area contributed by atoms with E-state index in [0.717, 1.165) is 0 Å². The molecule has 0 aromatic carbocycles. The number of amides is 1. The lowest BCUT2D eigenvalue weighted by Crippen LogP contribution is -2.42. The number of halogens is 1. The molecule has 92 valence electrons. The number of carbonyl (C=O) groups is 2. The van der Waals surface area contributed by atoms with Gasteiger partial charge in [0.15, 0.2) is 0 Å². The lowest BCUT2D eigenvalue weighted by Gasteiger charge is -2.20. The number of hydrogen-bond acceptors (Lipinski definition) is 3. The third kappa shape index (κ3) is 2.28. The second kappa shape index (κ2) is 4.62. The van der Waals surface area contributed by atoms with E-state index >= 15 is 0 Å². The molecule has 1 fully saturated rings. The van der Waals surface area contributed by atoms with Crippen LogP contribution in [0.4, 0.5) is 0 Å². The Hall–Kier alpha value is -1.14. The standard InChI is InChI=1S/C10H11ClN2O3S/c1-12-3-6(11)2-7(12)9(14)13-5-17-4-8(13)10(15)16/h2-3,8H,4-5H2,1H3,(H,15,16). The summed E-state index contributed by atoms with van der Waals surface area (Å²) in [5.41, 5.74) is 0.406. The van der Waals surface area contributed by atoms with Crippen LogP contribution in [0.5, 0.6) is 0 Å². The van der Waals surface area contributed by atoms with E-state index in [-0.39, 0.29) is 5.91 Å². The smallest absolute Gasteiger partial charge is 0.327 e. The van der Waals surface area contributed by atoms with E-state index in [0.29, 0.717) is 22.3 Å². The summed E-state index contributed by atoms with van der Waals surface area (Å²) < 4.78 is 1.60. The number of aryl methyl sites for hydroxylation is 1. The fourth-order valence-electron chi connectivity index (χ4n) is 1.73. The molecule has 1 aromatic rings. The highest BCUT2D eigenvalue weighted by Crippen LogP contribution is 2.24. The topological polar surface area (TPSA) is 62.5 Å². The second-order valence-corrected chi connectivity index (χ2v) is 5.22. The van der Waals surface area contributed by atoms with Gasteiger partial charge in [-0.3, -0.25) is 4.79 Å². The minimum atomic E-state index is -0.969. The number of carbonyl (C=O) groups excluding carboxylic acids is 1. The number of carboxylic acids is 1. The van der Waals surface area contributed by atoms with E-state index in [1.165, 1.54) is 16.7 Å². The van der Waals surface area contributed by atoms with Crippen LogP contribution in [0.25, 0.3) is 0 Å². The average molecular weight is 275 g/mol. The Bertz CT molecular complexity index is 474. The Morgan fingerprint density at radius 2 is 2.29 bits per heavy atom.